The van der Waals surface area contributed by atoms with Crippen molar-refractivity contribution < 1.29 is 14.7 Å². The Kier molecular flexibility index (Phi) is 5.19. The third-order valence-electron chi connectivity index (χ3n) is 6.23. The van der Waals surface area contributed by atoms with Crippen LogP contribution < -0.4 is 10.6 Å². The second kappa shape index (κ2) is 7.60. The van der Waals surface area contributed by atoms with Crippen LogP contribution in [-0.2, 0) is 9.59 Å². The number of carbonyl (C=O) groups is 2. The Bertz CT molecular complexity index is 718. The van der Waals surface area contributed by atoms with Crippen LogP contribution in [0.3, 0.4) is 0 Å². The summed E-state index contributed by atoms with van der Waals surface area (Å²) < 4.78 is 0. The number of rotatable bonds is 5. The first-order chi connectivity index (χ1) is 13.0. The molecule has 3 N–H and O–H groups in total. The minimum absolute atomic E-state index is 0.0284. The lowest BCUT2D eigenvalue weighted by Gasteiger charge is -2.35. The maximum Gasteiger partial charge on any atom is 0.238 e. The van der Waals surface area contributed by atoms with Crippen molar-refractivity contribution in [3.05, 3.63) is 29.8 Å². The van der Waals surface area contributed by atoms with Crippen molar-refractivity contribution in [1.29, 1.82) is 0 Å². The minimum Gasteiger partial charge on any atom is -0.391 e. The van der Waals surface area contributed by atoms with Gasteiger partial charge in [-0.25, -0.2) is 0 Å². The monoisotopic (exact) mass is 371 g/mol. The SMILES string of the molecule is CC(=O)N[C@@H]1C[C@@H]2CN(CC(=O)Nc3ccccc3C3CC3)C[C@@H]2C[C@H]1O. The molecule has 1 heterocycles. The predicted molar refractivity (Wildman–Crippen MR) is 103 cm³/mol. The molecule has 4 rings (SSSR count). The highest BCUT2D eigenvalue weighted by Gasteiger charge is 2.42. The van der Waals surface area contributed by atoms with Gasteiger partial charge in [0.15, 0.2) is 0 Å². The molecule has 0 radical (unpaired) electrons. The van der Waals surface area contributed by atoms with Crippen LogP contribution in [0.5, 0.6) is 0 Å². The fourth-order valence-electron chi connectivity index (χ4n) is 4.83. The fourth-order valence-corrected chi connectivity index (χ4v) is 4.83. The lowest BCUT2D eigenvalue weighted by atomic mass is 9.77. The minimum atomic E-state index is -0.491. The van der Waals surface area contributed by atoms with Gasteiger partial charge >= 0.3 is 0 Å². The maximum absolute atomic E-state index is 12.6. The highest BCUT2D eigenvalue weighted by Crippen LogP contribution is 2.43. The van der Waals surface area contributed by atoms with Crippen molar-refractivity contribution in [1.82, 2.24) is 10.2 Å². The summed E-state index contributed by atoms with van der Waals surface area (Å²) in [4.78, 5) is 26.1. The number of fused-ring (bicyclic) bond motifs is 1. The first-order valence-electron chi connectivity index (χ1n) is 10.1. The number of nitrogens with zero attached hydrogens (tertiary/aromatic N) is 1. The molecule has 6 nitrogen and oxygen atoms in total. The maximum atomic E-state index is 12.6. The van der Waals surface area contributed by atoms with Gasteiger partial charge in [-0.2, -0.15) is 0 Å². The zero-order chi connectivity index (χ0) is 19.0. The molecule has 2 amide bonds. The van der Waals surface area contributed by atoms with E-state index in [1.807, 2.05) is 18.2 Å². The van der Waals surface area contributed by atoms with E-state index in [0.717, 1.165) is 25.2 Å². The van der Waals surface area contributed by atoms with Gasteiger partial charge in [0, 0.05) is 25.7 Å². The van der Waals surface area contributed by atoms with Crippen LogP contribution in [0.15, 0.2) is 24.3 Å². The number of benzene rings is 1. The normalized spacial score (nSPS) is 30.6. The van der Waals surface area contributed by atoms with E-state index in [0.29, 0.717) is 30.7 Å². The van der Waals surface area contributed by atoms with E-state index in [9.17, 15) is 14.7 Å². The molecule has 1 aromatic carbocycles. The molecule has 3 fully saturated rings. The van der Waals surface area contributed by atoms with Crippen molar-refractivity contribution in [2.45, 2.75) is 50.7 Å². The molecule has 1 aromatic rings. The Morgan fingerprint density at radius 3 is 2.56 bits per heavy atom. The Balaban J connectivity index is 1.32. The third-order valence-corrected chi connectivity index (χ3v) is 6.23. The smallest absolute Gasteiger partial charge is 0.238 e. The van der Waals surface area contributed by atoms with E-state index in [2.05, 4.69) is 21.6 Å². The van der Waals surface area contributed by atoms with Crippen molar-refractivity contribution >= 4 is 17.5 Å². The zero-order valence-electron chi connectivity index (χ0n) is 15.9. The van der Waals surface area contributed by atoms with Crippen LogP contribution in [0.4, 0.5) is 5.69 Å². The van der Waals surface area contributed by atoms with Gasteiger partial charge in [0.05, 0.1) is 18.7 Å². The average molecular weight is 371 g/mol. The molecule has 0 spiro atoms. The van der Waals surface area contributed by atoms with Gasteiger partial charge in [-0.3, -0.25) is 14.5 Å². The molecule has 1 saturated heterocycles. The Hall–Kier alpha value is -1.92. The number of carbonyl (C=O) groups excluding carboxylic acids is 2. The van der Waals surface area contributed by atoms with E-state index in [4.69, 9.17) is 0 Å². The van der Waals surface area contributed by atoms with Crippen LogP contribution >= 0.6 is 0 Å². The summed E-state index contributed by atoms with van der Waals surface area (Å²) in [5.41, 5.74) is 2.20. The molecule has 0 aromatic heterocycles. The molecule has 2 aliphatic carbocycles. The number of para-hydroxylation sites is 1. The summed E-state index contributed by atoms with van der Waals surface area (Å²) in [6, 6.07) is 7.94. The molecule has 4 atom stereocenters. The van der Waals surface area contributed by atoms with Crippen molar-refractivity contribution in [2.24, 2.45) is 11.8 Å². The molecule has 0 bridgehead atoms. The van der Waals surface area contributed by atoms with E-state index >= 15 is 0 Å². The lowest BCUT2D eigenvalue weighted by molar-refractivity contribution is -0.121. The summed E-state index contributed by atoms with van der Waals surface area (Å²) in [7, 11) is 0. The number of amides is 2. The Morgan fingerprint density at radius 2 is 1.85 bits per heavy atom. The van der Waals surface area contributed by atoms with E-state index in [-0.39, 0.29) is 17.9 Å². The number of likely N-dealkylation sites (tertiary alicyclic amines) is 1. The van der Waals surface area contributed by atoms with Crippen molar-refractivity contribution in [3.63, 3.8) is 0 Å². The molecule has 27 heavy (non-hydrogen) atoms. The highest BCUT2D eigenvalue weighted by molar-refractivity contribution is 5.93. The molecular formula is C21H29N3O3. The van der Waals surface area contributed by atoms with E-state index < -0.39 is 6.10 Å². The van der Waals surface area contributed by atoms with Crippen LogP contribution in [-0.4, -0.2) is 53.6 Å². The molecule has 2 saturated carbocycles. The quantitative estimate of drug-likeness (QED) is 0.736. The van der Waals surface area contributed by atoms with Gasteiger partial charge in [0.1, 0.15) is 0 Å². The second-order valence-electron chi connectivity index (χ2n) is 8.47. The number of hydrogen-bond donors (Lipinski definition) is 3. The van der Waals surface area contributed by atoms with Crippen molar-refractivity contribution in [3.8, 4) is 0 Å². The van der Waals surface area contributed by atoms with Crippen LogP contribution in [0.1, 0.15) is 44.1 Å². The zero-order valence-corrected chi connectivity index (χ0v) is 15.9. The van der Waals surface area contributed by atoms with Gasteiger partial charge < -0.3 is 15.7 Å². The van der Waals surface area contributed by atoms with Gasteiger partial charge in [-0.05, 0) is 55.1 Å². The van der Waals surface area contributed by atoms with E-state index in [1.165, 1.54) is 25.3 Å². The molecule has 6 heteroatoms. The first-order valence-corrected chi connectivity index (χ1v) is 10.1. The Labute approximate surface area is 160 Å². The second-order valence-corrected chi connectivity index (χ2v) is 8.47. The third kappa shape index (κ3) is 4.33. The molecular weight excluding hydrogens is 342 g/mol. The molecule has 3 aliphatic rings. The van der Waals surface area contributed by atoms with Gasteiger partial charge in [0.25, 0.3) is 0 Å². The summed E-state index contributed by atoms with van der Waals surface area (Å²) in [6.07, 6.45) is 3.40. The van der Waals surface area contributed by atoms with Crippen LogP contribution in [0.2, 0.25) is 0 Å². The van der Waals surface area contributed by atoms with E-state index in [1.54, 1.807) is 0 Å². The number of hydrogen-bond acceptors (Lipinski definition) is 4. The molecule has 146 valence electrons. The number of anilines is 1. The standard InChI is InChI=1S/C21H29N3O3/c1-13(25)22-19-8-15-10-24(11-16(15)9-20(19)26)12-21(27)23-18-5-3-2-4-17(18)14-6-7-14/h2-5,14-16,19-20,26H,6-12H2,1H3,(H,22,25)(H,23,27)/t15-,16+,19-,20-/m1/s1. The molecule has 0 unspecified atom stereocenters. The topological polar surface area (TPSA) is 81.7 Å². The highest BCUT2D eigenvalue weighted by atomic mass is 16.3. The van der Waals surface area contributed by atoms with Gasteiger partial charge in [0.2, 0.25) is 11.8 Å². The number of nitrogens with one attached hydrogen (secondary N) is 2. The Morgan fingerprint density at radius 1 is 1.15 bits per heavy atom. The summed E-state index contributed by atoms with van der Waals surface area (Å²) in [6.45, 7) is 3.56. The lowest BCUT2D eigenvalue weighted by Crippen LogP contribution is -2.48. The fraction of sp³-hybridized carbons (Fsp3) is 0.619. The average Bonchev–Trinajstić information content (AvgIpc) is 3.37. The van der Waals surface area contributed by atoms with Crippen LogP contribution in [0.25, 0.3) is 0 Å². The van der Waals surface area contributed by atoms with Crippen LogP contribution in [0, 0.1) is 11.8 Å². The number of aliphatic hydroxyl groups excluding tert-OH is 1. The van der Waals surface area contributed by atoms with Gasteiger partial charge in [-0.1, -0.05) is 18.2 Å². The van der Waals surface area contributed by atoms with Gasteiger partial charge in [-0.15, -0.1) is 0 Å². The summed E-state index contributed by atoms with van der Waals surface area (Å²) >= 11 is 0. The predicted octanol–water partition coefficient (Wildman–Crippen LogP) is 1.71. The first kappa shape index (κ1) is 18.4. The van der Waals surface area contributed by atoms with Crippen molar-refractivity contribution in [2.75, 3.05) is 25.0 Å². The number of aliphatic hydroxyl groups is 1. The molecule has 1 aliphatic heterocycles. The largest absolute Gasteiger partial charge is 0.391 e. The summed E-state index contributed by atoms with van der Waals surface area (Å²) in [5.74, 6) is 1.36. The summed E-state index contributed by atoms with van der Waals surface area (Å²) in [5, 5.41) is 16.3.